The van der Waals surface area contributed by atoms with Crippen LogP contribution in [0.25, 0.3) is 33.5 Å². The number of amides is 4. The predicted molar refractivity (Wildman–Crippen MR) is 375 cm³/mol. The SMILES string of the molecule is C#CC#CC#CC#CC#CC#CC#CC#CC#CC#CC.CC.CC.CC.CC.CC.CC.CC.CC.CNC(=O)Nc1ccc(Oc2ccc(-c3cnn4cccnc34)cc2)nc1.CNC(=O)Nc1cnc(Oc2ccc(-c3cnn4cccnc34)cc2)nc1. The molecule has 0 atom stereocenters. The minimum atomic E-state index is -0.343. The van der Waals surface area contributed by atoms with Gasteiger partial charge in [-0.25, -0.2) is 43.5 Å². The zero-order valence-corrected chi connectivity index (χ0v) is 55.9. The number of pyridine rings is 1. The maximum atomic E-state index is 11.3. The highest BCUT2D eigenvalue weighted by Gasteiger charge is 2.10. The van der Waals surface area contributed by atoms with Crippen LogP contribution in [0.4, 0.5) is 21.0 Å². The third-order valence-electron chi connectivity index (χ3n) is 8.85. The van der Waals surface area contributed by atoms with Crippen LogP contribution in [-0.2, 0) is 0 Å². The molecule has 0 aliphatic carbocycles. The quantitative estimate of drug-likeness (QED) is 0.106. The summed E-state index contributed by atoms with van der Waals surface area (Å²) in [6, 6.07) is 21.7. The molecule has 0 aliphatic heterocycles. The van der Waals surface area contributed by atoms with Crippen LogP contribution >= 0.6 is 0 Å². The lowest BCUT2D eigenvalue weighted by Gasteiger charge is -2.07. The van der Waals surface area contributed by atoms with Crippen LogP contribution in [0.1, 0.15) is 118 Å². The highest BCUT2D eigenvalue weighted by atomic mass is 16.5. The first-order valence-electron chi connectivity index (χ1n) is 29.6. The van der Waals surface area contributed by atoms with Gasteiger partial charge in [0, 0.05) is 67.9 Å². The summed E-state index contributed by atoms with van der Waals surface area (Å²) in [6.07, 6.45) is 20.1. The van der Waals surface area contributed by atoms with Crippen LogP contribution in [0.15, 0.2) is 129 Å². The average Bonchev–Trinajstić information content (AvgIpc) is 1.85. The van der Waals surface area contributed by atoms with Crippen LogP contribution in [0.2, 0.25) is 0 Å². The molecule has 0 unspecified atom stereocenters. The first-order chi connectivity index (χ1) is 44.9. The summed E-state index contributed by atoms with van der Waals surface area (Å²) >= 11 is 0. The van der Waals surface area contributed by atoms with Gasteiger partial charge in [0.05, 0.1) is 42.4 Å². The molecule has 468 valence electrons. The van der Waals surface area contributed by atoms with E-state index in [2.05, 4.69) is 169 Å². The number of carbonyl (C=O) groups is 2. The molecule has 17 nitrogen and oxygen atoms in total. The van der Waals surface area contributed by atoms with Crippen molar-refractivity contribution in [2.45, 2.75) is 118 Å². The lowest BCUT2D eigenvalue weighted by atomic mass is 10.1. The molecule has 91 heavy (non-hydrogen) atoms. The number of ether oxygens (including phenoxy) is 2. The summed E-state index contributed by atoms with van der Waals surface area (Å²) in [7, 11) is 3.08. The monoisotopic (exact) mass is 1220 g/mol. The minimum absolute atomic E-state index is 0.183. The van der Waals surface area contributed by atoms with Gasteiger partial charge in [0.2, 0.25) is 5.88 Å². The summed E-state index contributed by atoms with van der Waals surface area (Å²) in [6.45, 7) is 33.7. The maximum absolute atomic E-state index is 11.3. The number of benzene rings is 2. The summed E-state index contributed by atoms with van der Waals surface area (Å²) in [5.74, 6) is 48.6. The normalized spacial score (nSPS) is 7.67. The molecular formula is C74H83N13O4. The second kappa shape index (κ2) is 58.1. The van der Waals surface area contributed by atoms with Crippen LogP contribution in [0.3, 0.4) is 0 Å². The minimum Gasteiger partial charge on any atom is -0.439 e. The fourth-order valence-corrected chi connectivity index (χ4v) is 5.60. The second-order valence-corrected chi connectivity index (χ2v) is 13.7. The van der Waals surface area contributed by atoms with Crippen molar-refractivity contribution >= 4 is 34.7 Å². The summed E-state index contributed by atoms with van der Waals surface area (Å²) in [5.41, 5.74) is 6.49. The van der Waals surface area contributed by atoms with Crippen molar-refractivity contribution in [3.05, 3.63) is 129 Å². The van der Waals surface area contributed by atoms with Crippen molar-refractivity contribution in [3.8, 4) is 165 Å². The van der Waals surface area contributed by atoms with Gasteiger partial charge in [-0.2, -0.15) is 10.2 Å². The van der Waals surface area contributed by atoms with E-state index in [4.69, 9.17) is 15.9 Å². The van der Waals surface area contributed by atoms with Gasteiger partial charge >= 0.3 is 18.1 Å². The molecule has 4 N–H and O–H groups in total. The lowest BCUT2D eigenvalue weighted by molar-refractivity contribution is 0.253. The van der Waals surface area contributed by atoms with E-state index in [9.17, 15) is 9.59 Å². The van der Waals surface area contributed by atoms with Gasteiger partial charge in [0.15, 0.2) is 11.3 Å². The number of nitrogens with one attached hydrogen (secondary N) is 4. The fourth-order valence-electron chi connectivity index (χ4n) is 5.60. The van der Waals surface area contributed by atoms with E-state index in [1.807, 2.05) is 184 Å². The van der Waals surface area contributed by atoms with Crippen LogP contribution < -0.4 is 30.7 Å². The predicted octanol–water partition coefficient (Wildman–Crippen LogP) is 14.9. The van der Waals surface area contributed by atoms with Crippen LogP contribution in [0.5, 0.6) is 23.4 Å². The number of urea groups is 2. The van der Waals surface area contributed by atoms with Crippen LogP contribution in [0, 0.1) is 119 Å². The Morgan fingerprint density at radius 1 is 0.418 bits per heavy atom. The molecule has 4 amide bonds. The van der Waals surface area contributed by atoms with E-state index >= 15 is 0 Å². The maximum Gasteiger partial charge on any atom is 0.322 e. The number of hydrogen-bond acceptors (Lipinski definition) is 11. The molecule has 6 aromatic heterocycles. The third kappa shape index (κ3) is 34.4. The first-order valence-corrected chi connectivity index (χ1v) is 29.6. The van der Waals surface area contributed by atoms with Gasteiger partial charge in [0.25, 0.3) is 0 Å². The van der Waals surface area contributed by atoms with Crippen LogP contribution in [-0.4, -0.2) is 70.3 Å². The molecule has 0 aliphatic rings. The molecule has 8 aromatic rings. The zero-order chi connectivity index (χ0) is 68.7. The summed E-state index contributed by atoms with van der Waals surface area (Å²) in [4.78, 5) is 43.6. The van der Waals surface area contributed by atoms with Gasteiger partial charge < -0.3 is 30.7 Å². The Hall–Kier alpha value is -12.4. The van der Waals surface area contributed by atoms with Crippen molar-refractivity contribution in [3.63, 3.8) is 0 Å². The number of anilines is 2. The number of rotatable bonds is 8. The number of hydrogen-bond donors (Lipinski definition) is 4. The highest BCUT2D eigenvalue weighted by molar-refractivity contribution is 5.89. The number of nitrogens with zero attached hydrogens (tertiary/aromatic N) is 9. The Balaban J connectivity index is -0.00000116. The van der Waals surface area contributed by atoms with E-state index in [1.165, 1.54) is 25.6 Å². The molecule has 0 saturated heterocycles. The Morgan fingerprint density at radius 3 is 1.12 bits per heavy atom. The molecule has 2 aromatic carbocycles. The van der Waals surface area contributed by atoms with E-state index in [-0.39, 0.29) is 18.1 Å². The Labute approximate surface area is 541 Å². The molecule has 0 fully saturated rings. The van der Waals surface area contributed by atoms with Crippen molar-refractivity contribution in [2.75, 3.05) is 24.7 Å². The first kappa shape index (κ1) is 82.9. The lowest BCUT2D eigenvalue weighted by Crippen LogP contribution is -2.24. The van der Waals surface area contributed by atoms with Gasteiger partial charge in [0.1, 0.15) is 11.5 Å². The number of aromatic nitrogens is 9. The Kier molecular flexibility index (Phi) is 52.9. The number of carbonyl (C=O) groups excluding carboxylic acids is 2. The zero-order valence-electron chi connectivity index (χ0n) is 55.9. The molecule has 6 heterocycles. The molecule has 17 heteroatoms. The molecule has 0 bridgehead atoms. The average molecular weight is 1220 g/mol. The van der Waals surface area contributed by atoms with Crippen molar-refractivity contribution < 1.29 is 19.1 Å². The standard InChI is InChI=1S/C21H4.C19H16N6O2.C18H15N7O2.8C2H6/c1-3-5-7-9-11-13-15-17-19-21-20-18-16-14-12-10-8-6-4-2;1-20-19(26)24-14-5-8-17(22-11-14)27-15-6-3-13(4-7-15)16-12-23-25-10-2-9-21-18(16)25;1-19-17(26)24-13-9-21-18(22-10-13)27-14-5-3-12(4-6-14)15-11-23-25-8-2-7-20-16(15)25;8*1-2/h1H,2H3;2-12H,1H3,(H2,20,24,26);2-11H,1H3,(H2,19,24,26);8*1-2H3. The number of terminal acetylenes is 1. The topological polar surface area (TPSA) is 200 Å². The molecule has 0 saturated carbocycles. The largest absolute Gasteiger partial charge is 0.439 e. The molecule has 8 rings (SSSR count). The molecule has 0 radical (unpaired) electrons. The van der Waals surface area contributed by atoms with Gasteiger partial charge in [-0.05, 0) is 155 Å². The second-order valence-electron chi connectivity index (χ2n) is 13.7. The highest BCUT2D eigenvalue weighted by Crippen LogP contribution is 2.29. The smallest absolute Gasteiger partial charge is 0.322 e. The molecular weight excluding hydrogens is 1130 g/mol. The van der Waals surface area contributed by atoms with Crippen molar-refractivity contribution in [2.24, 2.45) is 0 Å². The fraction of sp³-hybridized carbons (Fsp3) is 0.257. The van der Waals surface area contributed by atoms with Gasteiger partial charge in [-0.1, -0.05) is 141 Å². The van der Waals surface area contributed by atoms with Crippen molar-refractivity contribution in [1.29, 1.82) is 0 Å². The third-order valence-corrected chi connectivity index (χ3v) is 8.85. The van der Waals surface area contributed by atoms with Gasteiger partial charge in [-0.15, -0.1) is 6.42 Å². The number of fused-ring (bicyclic) bond motifs is 2. The Morgan fingerprint density at radius 2 is 0.769 bits per heavy atom. The Bertz CT molecular complexity index is 3810. The van der Waals surface area contributed by atoms with E-state index in [1.54, 1.807) is 59.9 Å². The summed E-state index contributed by atoms with van der Waals surface area (Å²) in [5, 5.41) is 18.7. The van der Waals surface area contributed by atoms with Crippen molar-refractivity contribution in [1.82, 2.24) is 54.8 Å². The molecule has 0 spiro atoms. The summed E-state index contributed by atoms with van der Waals surface area (Å²) < 4.78 is 14.8. The van der Waals surface area contributed by atoms with E-state index < -0.39 is 0 Å². The van der Waals surface area contributed by atoms with E-state index in [0.29, 0.717) is 28.8 Å². The van der Waals surface area contributed by atoms with E-state index in [0.717, 1.165) is 33.5 Å². The van der Waals surface area contributed by atoms with Gasteiger partial charge in [-0.3, -0.25) is 0 Å².